The molecular formula is C30H29Cl2N3O5S. The molecule has 214 valence electrons. The van der Waals surface area contributed by atoms with Crippen LogP contribution in [0.1, 0.15) is 40.6 Å². The quantitative estimate of drug-likeness (QED) is 0.182. The summed E-state index contributed by atoms with van der Waals surface area (Å²) in [4.78, 5) is 26.2. The van der Waals surface area contributed by atoms with Gasteiger partial charge in [-0.2, -0.15) is 0 Å². The van der Waals surface area contributed by atoms with Gasteiger partial charge in [0, 0.05) is 25.0 Å². The Kier molecular flexibility index (Phi) is 10.1. The highest BCUT2D eigenvalue weighted by molar-refractivity contribution is 7.92. The van der Waals surface area contributed by atoms with E-state index in [1.165, 1.54) is 30.2 Å². The molecule has 0 spiro atoms. The Hall–Kier alpha value is -3.79. The van der Waals surface area contributed by atoms with Gasteiger partial charge in [0.15, 0.2) is 0 Å². The average Bonchev–Trinajstić information content (AvgIpc) is 3.45. The zero-order valence-corrected chi connectivity index (χ0v) is 24.6. The predicted octanol–water partition coefficient (Wildman–Crippen LogP) is 6.30. The van der Waals surface area contributed by atoms with Gasteiger partial charge in [0.25, 0.3) is 15.9 Å². The Morgan fingerprint density at radius 1 is 0.927 bits per heavy atom. The number of nitrogens with zero attached hydrogens (tertiary/aromatic N) is 1. The number of furan rings is 1. The van der Waals surface area contributed by atoms with E-state index in [0.717, 1.165) is 12.0 Å². The predicted molar refractivity (Wildman–Crippen MR) is 159 cm³/mol. The van der Waals surface area contributed by atoms with Crippen LogP contribution in [0.3, 0.4) is 0 Å². The topological polar surface area (TPSA) is 109 Å². The van der Waals surface area contributed by atoms with Crippen LogP contribution in [0, 0.1) is 0 Å². The van der Waals surface area contributed by atoms with Crippen LogP contribution in [0.15, 0.2) is 94.4 Å². The summed E-state index contributed by atoms with van der Waals surface area (Å²) >= 11 is 12.6. The summed E-state index contributed by atoms with van der Waals surface area (Å²) in [6.07, 6.45) is 2.94. The van der Waals surface area contributed by atoms with Gasteiger partial charge in [-0.25, -0.2) is 8.42 Å². The molecular weight excluding hydrogens is 585 g/mol. The lowest BCUT2D eigenvalue weighted by atomic mass is 10.1. The Labute approximate surface area is 249 Å². The van der Waals surface area contributed by atoms with E-state index in [-0.39, 0.29) is 35.5 Å². The molecule has 0 aliphatic rings. The second-order valence-corrected chi connectivity index (χ2v) is 11.9. The van der Waals surface area contributed by atoms with E-state index in [4.69, 9.17) is 27.6 Å². The smallest absolute Gasteiger partial charge is 0.261 e. The second kappa shape index (κ2) is 13.7. The van der Waals surface area contributed by atoms with Crippen molar-refractivity contribution in [1.82, 2.24) is 10.2 Å². The minimum Gasteiger partial charge on any atom is -0.467 e. The highest BCUT2D eigenvalue weighted by Crippen LogP contribution is 2.28. The van der Waals surface area contributed by atoms with Crippen molar-refractivity contribution in [1.29, 1.82) is 0 Å². The van der Waals surface area contributed by atoms with Crippen LogP contribution in [0.5, 0.6) is 0 Å². The van der Waals surface area contributed by atoms with Gasteiger partial charge in [0.05, 0.1) is 34.0 Å². The summed E-state index contributed by atoms with van der Waals surface area (Å²) in [6.45, 7) is 2.16. The number of sulfonamides is 1. The van der Waals surface area contributed by atoms with Gasteiger partial charge >= 0.3 is 0 Å². The Morgan fingerprint density at radius 2 is 1.68 bits per heavy atom. The van der Waals surface area contributed by atoms with Crippen LogP contribution in [0.2, 0.25) is 10.0 Å². The Balaban J connectivity index is 1.56. The molecule has 8 nitrogen and oxygen atoms in total. The first-order valence-electron chi connectivity index (χ1n) is 12.8. The third-order valence-electron chi connectivity index (χ3n) is 6.24. The average molecular weight is 615 g/mol. The molecule has 2 N–H and O–H groups in total. The summed E-state index contributed by atoms with van der Waals surface area (Å²) in [6, 6.07) is 21.5. The standard InChI is InChI=1S/C30H29Cl2N3O5S/c1-21(36)33-16-4-6-22-10-13-26(14-11-22)41(38,39)34-29-15-12-24(31)18-23(29)19-35(20-25-7-5-17-40-25)30(37)27-8-2-3-9-28(27)32/h2-3,5,7-15,17-18,34H,4,6,16,19-20H2,1H3,(H,33,36). The normalized spacial score (nSPS) is 11.2. The van der Waals surface area contributed by atoms with Crippen LogP contribution < -0.4 is 10.0 Å². The number of benzene rings is 3. The lowest BCUT2D eigenvalue weighted by Crippen LogP contribution is -2.30. The summed E-state index contributed by atoms with van der Waals surface area (Å²) in [5.74, 6) is 0.109. The van der Waals surface area contributed by atoms with Gasteiger partial charge in [-0.15, -0.1) is 0 Å². The third kappa shape index (κ3) is 8.36. The lowest BCUT2D eigenvalue weighted by Gasteiger charge is -2.24. The number of hydrogen-bond donors (Lipinski definition) is 2. The maximum Gasteiger partial charge on any atom is 0.261 e. The van der Waals surface area contributed by atoms with Crippen molar-refractivity contribution in [3.05, 3.63) is 118 Å². The first-order valence-corrected chi connectivity index (χ1v) is 15.1. The molecule has 0 saturated carbocycles. The fourth-order valence-corrected chi connectivity index (χ4v) is 5.70. The van der Waals surface area contributed by atoms with Crippen LogP contribution in [-0.4, -0.2) is 31.7 Å². The molecule has 0 unspecified atom stereocenters. The third-order valence-corrected chi connectivity index (χ3v) is 8.19. The molecule has 0 aliphatic carbocycles. The lowest BCUT2D eigenvalue weighted by molar-refractivity contribution is -0.118. The van der Waals surface area contributed by atoms with Gasteiger partial charge in [-0.05, 0) is 78.6 Å². The number of carbonyl (C=O) groups excluding carboxylic acids is 2. The van der Waals surface area contributed by atoms with Gasteiger partial charge in [-0.3, -0.25) is 14.3 Å². The number of halogens is 2. The molecule has 4 aromatic rings. The van der Waals surface area contributed by atoms with Gasteiger partial charge < -0.3 is 14.6 Å². The minimum absolute atomic E-state index is 0.0242. The van der Waals surface area contributed by atoms with Crippen molar-refractivity contribution in [2.24, 2.45) is 0 Å². The highest BCUT2D eigenvalue weighted by Gasteiger charge is 2.23. The fraction of sp³-hybridized carbons (Fsp3) is 0.200. The van der Waals surface area contributed by atoms with E-state index in [0.29, 0.717) is 39.9 Å². The maximum absolute atomic E-state index is 13.6. The van der Waals surface area contributed by atoms with Crippen molar-refractivity contribution >= 4 is 50.7 Å². The second-order valence-electron chi connectivity index (χ2n) is 9.36. The van der Waals surface area contributed by atoms with Crippen molar-refractivity contribution in [2.75, 3.05) is 11.3 Å². The molecule has 11 heteroatoms. The zero-order valence-electron chi connectivity index (χ0n) is 22.3. The number of anilines is 1. The largest absolute Gasteiger partial charge is 0.467 e. The maximum atomic E-state index is 13.6. The molecule has 4 rings (SSSR count). The van der Waals surface area contributed by atoms with Crippen LogP contribution >= 0.6 is 23.2 Å². The Morgan fingerprint density at radius 3 is 2.37 bits per heavy atom. The van der Waals surface area contributed by atoms with E-state index in [1.54, 1.807) is 66.7 Å². The molecule has 0 bridgehead atoms. The van der Waals surface area contributed by atoms with E-state index in [2.05, 4.69) is 10.0 Å². The van der Waals surface area contributed by atoms with Crippen LogP contribution in [-0.2, 0) is 34.3 Å². The summed E-state index contributed by atoms with van der Waals surface area (Å²) in [5.41, 5.74) is 2.03. The van der Waals surface area contributed by atoms with E-state index < -0.39 is 10.0 Å². The molecule has 0 atom stereocenters. The van der Waals surface area contributed by atoms with Crippen LogP contribution in [0.25, 0.3) is 0 Å². The summed E-state index contributed by atoms with van der Waals surface area (Å²) < 4.78 is 34.8. The molecule has 0 aliphatic heterocycles. The summed E-state index contributed by atoms with van der Waals surface area (Å²) in [5, 5.41) is 3.42. The van der Waals surface area contributed by atoms with Gasteiger partial charge in [0.2, 0.25) is 5.91 Å². The number of amides is 2. The van der Waals surface area contributed by atoms with E-state index >= 15 is 0 Å². The van der Waals surface area contributed by atoms with Crippen molar-refractivity contribution in [2.45, 2.75) is 37.8 Å². The molecule has 41 heavy (non-hydrogen) atoms. The van der Waals surface area contributed by atoms with E-state index in [1.807, 2.05) is 0 Å². The van der Waals surface area contributed by atoms with Crippen molar-refractivity contribution in [3.8, 4) is 0 Å². The minimum atomic E-state index is -3.96. The molecule has 0 saturated heterocycles. The molecule has 0 fully saturated rings. The molecule has 3 aromatic carbocycles. The Bertz CT molecular complexity index is 1610. The molecule has 2 amide bonds. The monoisotopic (exact) mass is 613 g/mol. The number of carbonyl (C=O) groups is 2. The first-order chi connectivity index (χ1) is 19.6. The zero-order chi connectivity index (χ0) is 29.4. The van der Waals surface area contributed by atoms with Crippen molar-refractivity contribution < 1.29 is 22.4 Å². The molecule has 1 aromatic heterocycles. The molecule has 1 heterocycles. The van der Waals surface area contributed by atoms with E-state index in [9.17, 15) is 18.0 Å². The number of nitrogens with one attached hydrogen (secondary N) is 2. The number of hydrogen-bond acceptors (Lipinski definition) is 5. The fourth-order valence-electron chi connectivity index (χ4n) is 4.19. The van der Waals surface area contributed by atoms with Crippen molar-refractivity contribution in [3.63, 3.8) is 0 Å². The first kappa shape index (κ1) is 30.2. The van der Waals surface area contributed by atoms with Crippen LogP contribution in [0.4, 0.5) is 5.69 Å². The number of rotatable bonds is 12. The van der Waals surface area contributed by atoms with Gasteiger partial charge in [-0.1, -0.05) is 47.5 Å². The highest BCUT2D eigenvalue weighted by atomic mass is 35.5. The SMILES string of the molecule is CC(=O)NCCCc1ccc(S(=O)(=O)Nc2ccc(Cl)cc2CN(Cc2ccco2)C(=O)c2ccccc2Cl)cc1. The summed E-state index contributed by atoms with van der Waals surface area (Å²) in [7, 11) is -3.96. The number of aryl methyl sites for hydroxylation is 1. The molecule has 0 radical (unpaired) electrons. The van der Waals surface area contributed by atoms with Gasteiger partial charge in [0.1, 0.15) is 5.76 Å².